The van der Waals surface area contributed by atoms with Crippen LogP contribution in [-0.2, 0) is 0 Å². The summed E-state index contributed by atoms with van der Waals surface area (Å²) in [6.45, 7) is 2.03. The molecule has 4 nitrogen and oxygen atoms in total. The van der Waals surface area contributed by atoms with E-state index in [1.54, 1.807) is 11.3 Å². The average molecular weight is 336 g/mol. The average Bonchev–Trinajstić information content (AvgIpc) is 3.17. The van der Waals surface area contributed by atoms with Crippen molar-refractivity contribution < 1.29 is 9.90 Å². The van der Waals surface area contributed by atoms with Crippen molar-refractivity contribution >= 4 is 28.6 Å². The summed E-state index contributed by atoms with van der Waals surface area (Å²) in [6, 6.07) is 4.09. The third kappa shape index (κ3) is 3.24. The molecule has 1 aliphatic rings. The number of rotatable bonds is 4. The fourth-order valence-electron chi connectivity index (χ4n) is 2.96. The first-order valence-corrected chi connectivity index (χ1v) is 9.31. The molecule has 0 saturated heterocycles. The summed E-state index contributed by atoms with van der Waals surface area (Å²) in [5.41, 5.74) is 0.780. The maximum Gasteiger partial charge on any atom is 0.263 e. The first-order chi connectivity index (χ1) is 10.7. The van der Waals surface area contributed by atoms with Crippen molar-refractivity contribution in [2.24, 2.45) is 5.92 Å². The number of carbonyl (C=O) groups is 1. The summed E-state index contributed by atoms with van der Waals surface area (Å²) in [6.07, 6.45) is 4.19. The van der Waals surface area contributed by atoms with Crippen LogP contribution in [0.1, 0.15) is 41.0 Å². The van der Waals surface area contributed by atoms with Gasteiger partial charge in [0, 0.05) is 18.6 Å². The van der Waals surface area contributed by atoms with Gasteiger partial charge >= 0.3 is 0 Å². The van der Waals surface area contributed by atoms with Gasteiger partial charge in [0.05, 0.1) is 10.6 Å². The molecule has 1 amide bonds. The van der Waals surface area contributed by atoms with Crippen molar-refractivity contribution in [1.29, 1.82) is 0 Å². The highest BCUT2D eigenvalue weighted by Gasteiger charge is 2.27. The Bertz CT molecular complexity index is 637. The highest BCUT2D eigenvalue weighted by Crippen LogP contribution is 2.31. The number of thiophene rings is 1. The Labute approximate surface area is 138 Å². The Morgan fingerprint density at radius 2 is 2.27 bits per heavy atom. The Morgan fingerprint density at radius 1 is 1.45 bits per heavy atom. The van der Waals surface area contributed by atoms with E-state index >= 15 is 0 Å². The number of hydrogen-bond acceptors (Lipinski definition) is 5. The van der Waals surface area contributed by atoms with Crippen molar-refractivity contribution in [3.8, 4) is 9.88 Å². The second-order valence-corrected chi connectivity index (χ2v) is 7.66. The Hall–Kier alpha value is -1.24. The monoisotopic (exact) mass is 336 g/mol. The van der Waals surface area contributed by atoms with Gasteiger partial charge in [-0.05, 0) is 31.2 Å². The maximum atomic E-state index is 12.6. The third-order valence-corrected chi connectivity index (χ3v) is 6.39. The minimum atomic E-state index is -0.0526. The molecule has 0 radical (unpaired) electrons. The van der Waals surface area contributed by atoms with Crippen LogP contribution in [0.4, 0.5) is 0 Å². The van der Waals surface area contributed by atoms with E-state index < -0.39 is 0 Å². The summed E-state index contributed by atoms with van der Waals surface area (Å²) in [4.78, 5) is 18.9. The minimum absolute atomic E-state index is 0.0526. The van der Waals surface area contributed by atoms with E-state index in [0.29, 0.717) is 4.88 Å². The lowest BCUT2D eigenvalue weighted by molar-refractivity contribution is 0.0876. The fourth-order valence-corrected chi connectivity index (χ4v) is 4.73. The second kappa shape index (κ2) is 6.89. The smallest absolute Gasteiger partial charge is 0.263 e. The number of aromatic nitrogens is 1. The highest BCUT2D eigenvalue weighted by molar-refractivity contribution is 7.22. The van der Waals surface area contributed by atoms with E-state index in [4.69, 9.17) is 0 Å². The molecule has 2 unspecified atom stereocenters. The molecular formula is C16H20N2O2S2. The Balaban J connectivity index is 1.75. The number of hydrogen-bond donors (Lipinski definition) is 2. The Morgan fingerprint density at radius 3 is 3.00 bits per heavy atom. The first-order valence-electron chi connectivity index (χ1n) is 7.62. The predicted octanol–water partition coefficient (Wildman–Crippen LogP) is 3.46. The van der Waals surface area contributed by atoms with Crippen molar-refractivity contribution in [2.45, 2.75) is 38.6 Å². The molecule has 0 aromatic carbocycles. The minimum Gasteiger partial charge on any atom is -0.396 e. The van der Waals surface area contributed by atoms with Crippen LogP contribution in [0.2, 0.25) is 0 Å². The van der Waals surface area contributed by atoms with Gasteiger partial charge in [-0.25, -0.2) is 4.98 Å². The van der Waals surface area contributed by atoms with Crippen LogP contribution >= 0.6 is 22.7 Å². The standard InChI is InChI=1S/C16H20N2O2S2/c1-10-14(22-16(17-10)13-7-4-8-21-13)15(20)18-12-6-3-2-5-11(12)9-19/h4,7-8,11-12,19H,2-3,5-6,9H2,1H3,(H,18,20). The molecule has 2 aromatic rings. The number of amides is 1. The zero-order valence-electron chi connectivity index (χ0n) is 12.5. The summed E-state index contributed by atoms with van der Waals surface area (Å²) < 4.78 is 0. The lowest BCUT2D eigenvalue weighted by Crippen LogP contribution is -2.43. The molecule has 0 spiro atoms. The third-order valence-electron chi connectivity index (χ3n) is 4.19. The van der Waals surface area contributed by atoms with Gasteiger partial charge in [-0.1, -0.05) is 18.9 Å². The molecule has 118 valence electrons. The number of thiazole rings is 1. The van der Waals surface area contributed by atoms with E-state index in [1.807, 2.05) is 24.4 Å². The molecule has 2 aromatic heterocycles. The van der Waals surface area contributed by atoms with Crippen molar-refractivity contribution in [3.05, 3.63) is 28.1 Å². The van der Waals surface area contributed by atoms with Crippen molar-refractivity contribution in [3.63, 3.8) is 0 Å². The maximum absolute atomic E-state index is 12.6. The lowest BCUT2D eigenvalue weighted by atomic mass is 9.85. The SMILES string of the molecule is Cc1nc(-c2cccs2)sc1C(=O)NC1CCCCC1CO. The van der Waals surface area contributed by atoms with Crippen molar-refractivity contribution in [1.82, 2.24) is 10.3 Å². The molecule has 2 heterocycles. The molecular weight excluding hydrogens is 316 g/mol. The van der Waals surface area contributed by atoms with E-state index in [1.165, 1.54) is 11.3 Å². The van der Waals surface area contributed by atoms with E-state index in [-0.39, 0.29) is 24.5 Å². The van der Waals surface area contributed by atoms with Gasteiger partial charge in [0.15, 0.2) is 0 Å². The number of nitrogens with one attached hydrogen (secondary N) is 1. The highest BCUT2D eigenvalue weighted by atomic mass is 32.1. The zero-order chi connectivity index (χ0) is 15.5. The number of nitrogens with zero attached hydrogens (tertiary/aromatic N) is 1. The Kier molecular flexibility index (Phi) is 4.90. The van der Waals surface area contributed by atoms with E-state index in [0.717, 1.165) is 41.3 Å². The van der Waals surface area contributed by atoms with Gasteiger partial charge < -0.3 is 10.4 Å². The van der Waals surface area contributed by atoms with Gasteiger partial charge in [-0.15, -0.1) is 22.7 Å². The molecule has 2 N–H and O–H groups in total. The van der Waals surface area contributed by atoms with Gasteiger partial charge in [0.1, 0.15) is 9.88 Å². The first kappa shape index (κ1) is 15.6. The second-order valence-electron chi connectivity index (χ2n) is 5.72. The van der Waals surface area contributed by atoms with Crippen LogP contribution in [-0.4, -0.2) is 28.6 Å². The molecule has 22 heavy (non-hydrogen) atoms. The van der Waals surface area contributed by atoms with Gasteiger partial charge in [-0.3, -0.25) is 4.79 Å². The molecule has 1 fully saturated rings. The number of aliphatic hydroxyl groups is 1. The number of aryl methyl sites for hydroxylation is 1. The summed E-state index contributed by atoms with van der Waals surface area (Å²) in [5, 5.41) is 15.5. The van der Waals surface area contributed by atoms with Gasteiger partial charge in [-0.2, -0.15) is 0 Å². The summed E-state index contributed by atoms with van der Waals surface area (Å²) >= 11 is 3.08. The zero-order valence-corrected chi connectivity index (χ0v) is 14.2. The topological polar surface area (TPSA) is 62.2 Å². The van der Waals surface area contributed by atoms with Crippen LogP contribution in [0.25, 0.3) is 9.88 Å². The summed E-state index contributed by atoms with van der Waals surface area (Å²) in [7, 11) is 0. The van der Waals surface area contributed by atoms with Crippen molar-refractivity contribution in [2.75, 3.05) is 6.61 Å². The fraction of sp³-hybridized carbons (Fsp3) is 0.500. The molecule has 6 heteroatoms. The van der Waals surface area contributed by atoms with E-state index in [9.17, 15) is 9.90 Å². The molecule has 3 rings (SSSR count). The normalized spacial score (nSPS) is 21.7. The predicted molar refractivity (Wildman–Crippen MR) is 90.5 cm³/mol. The number of carbonyl (C=O) groups excluding carboxylic acids is 1. The molecule has 1 saturated carbocycles. The lowest BCUT2D eigenvalue weighted by Gasteiger charge is -2.30. The molecule has 1 aliphatic carbocycles. The molecule has 0 bridgehead atoms. The van der Waals surface area contributed by atoms with Gasteiger partial charge in [0.25, 0.3) is 5.91 Å². The quantitative estimate of drug-likeness (QED) is 0.899. The van der Waals surface area contributed by atoms with Crippen LogP contribution in [0, 0.1) is 12.8 Å². The van der Waals surface area contributed by atoms with Crippen LogP contribution in [0.15, 0.2) is 17.5 Å². The molecule has 0 aliphatic heterocycles. The van der Waals surface area contributed by atoms with Crippen LogP contribution in [0.5, 0.6) is 0 Å². The molecule has 2 atom stereocenters. The number of aliphatic hydroxyl groups excluding tert-OH is 1. The van der Waals surface area contributed by atoms with Crippen LogP contribution < -0.4 is 5.32 Å². The van der Waals surface area contributed by atoms with E-state index in [2.05, 4.69) is 10.3 Å². The summed E-state index contributed by atoms with van der Waals surface area (Å²) in [5.74, 6) is 0.130. The largest absolute Gasteiger partial charge is 0.396 e. The van der Waals surface area contributed by atoms with Gasteiger partial charge in [0.2, 0.25) is 0 Å². The van der Waals surface area contributed by atoms with Crippen LogP contribution in [0.3, 0.4) is 0 Å².